The van der Waals surface area contributed by atoms with Gasteiger partial charge in [-0.2, -0.15) is 0 Å². The van der Waals surface area contributed by atoms with Crippen molar-refractivity contribution in [3.63, 3.8) is 0 Å². The molecule has 0 spiro atoms. The molecule has 0 fully saturated rings. The molecule has 0 radical (unpaired) electrons. The summed E-state index contributed by atoms with van der Waals surface area (Å²) in [6.45, 7) is 3.79. The largest absolute Gasteiger partial charge is 0.375 e. The molecule has 6 nitrogen and oxygen atoms in total. The Kier molecular flexibility index (Phi) is 4.30. The van der Waals surface area contributed by atoms with Crippen molar-refractivity contribution in [2.75, 3.05) is 10.6 Å². The number of rotatable bonds is 4. The third-order valence-electron chi connectivity index (χ3n) is 3.43. The van der Waals surface area contributed by atoms with Gasteiger partial charge in [0.1, 0.15) is 17.3 Å². The molecule has 3 rings (SSSR count). The lowest BCUT2D eigenvalue weighted by atomic mass is 10.1. The first kappa shape index (κ1) is 16.1. The number of imidazole rings is 1. The molecule has 3 aromatic rings. The maximum Gasteiger partial charge on any atom is 0.279 e. The minimum absolute atomic E-state index is 0.109. The number of aromatic amines is 1. The number of carbonyl (C=O) groups excluding carboxylic acids is 1. The zero-order chi connectivity index (χ0) is 17.3. The van der Waals surface area contributed by atoms with Crippen molar-refractivity contribution >= 4 is 28.2 Å². The zero-order valence-corrected chi connectivity index (χ0v) is 14.0. The average molecular weight is 345 g/mol. The summed E-state index contributed by atoms with van der Waals surface area (Å²) < 4.78 is 13.2. The smallest absolute Gasteiger partial charge is 0.279 e. The predicted molar refractivity (Wildman–Crippen MR) is 92.5 cm³/mol. The fourth-order valence-corrected chi connectivity index (χ4v) is 3.22. The number of benzene rings is 1. The van der Waals surface area contributed by atoms with Gasteiger partial charge < -0.3 is 10.7 Å². The van der Waals surface area contributed by atoms with Gasteiger partial charge in [-0.15, -0.1) is 0 Å². The number of nitrogen functional groups attached to an aromatic ring is 1. The van der Waals surface area contributed by atoms with Gasteiger partial charge >= 0.3 is 0 Å². The van der Waals surface area contributed by atoms with E-state index in [0.717, 1.165) is 0 Å². The van der Waals surface area contributed by atoms with Gasteiger partial charge in [-0.05, 0) is 31.5 Å². The van der Waals surface area contributed by atoms with Crippen LogP contribution >= 0.6 is 11.3 Å². The van der Waals surface area contributed by atoms with Crippen LogP contribution in [0.15, 0.2) is 36.8 Å². The summed E-state index contributed by atoms with van der Waals surface area (Å²) in [6.07, 6.45) is 3.08. The first-order chi connectivity index (χ1) is 11.5. The van der Waals surface area contributed by atoms with Crippen LogP contribution in [0, 0.1) is 5.82 Å². The Morgan fingerprint density at radius 2 is 2.04 bits per heavy atom. The van der Waals surface area contributed by atoms with Crippen LogP contribution in [0.4, 0.5) is 15.3 Å². The number of hydrogen-bond donors (Lipinski definition) is 2. The van der Waals surface area contributed by atoms with Gasteiger partial charge in [-0.1, -0.05) is 23.5 Å². The Bertz CT molecular complexity index is 842. The Morgan fingerprint density at radius 1 is 1.33 bits per heavy atom. The van der Waals surface area contributed by atoms with E-state index in [2.05, 4.69) is 15.0 Å². The average Bonchev–Trinajstić information content (AvgIpc) is 3.17. The number of hydrogen-bond acceptors (Lipinski definition) is 5. The number of halogens is 1. The van der Waals surface area contributed by atoms with E-state index in [1.807, 2.05) is 13.8 Å². The Labute approximate surface area is 142 Å². The molecule has 0 bridgehead atoms. The number of H-pyrrole nitrogens is 1. The number of amides is 1. The SMILES string of the molecule is CC(C)N(C(=O)c1nc(N)sc1-c1ccc(F)cc1)c1cnc[nH]1. The molecule has 3 N–H and O–H groups in total. The standard InChI is InChI=1S/C16H16FN5OS/c1-9(2)22(12-7-19-8-20-12)15(23)13-14(24-16(18)21-13)10-3-5-11(17)6-4-10/h3-9H,1-2H3,(H2,18,21)(H,19,20). The molecular formula is C16H16FN5OS. The molecule has 8 heteroatoms. The maximum absolute atomic E-state index is 13.2. The second-order valence-corrected chi connectivity index (χ2v) is 6.47. The van der Waals surface area contributed by atoms with Crippen LogP contribution in [0.1, 0.15) is 24.3 Å². The first-order valence-corrected chi connectivity index (χ1v) is 8.13. The topological polar surface area (TPSA) is 87.9 Å². The Balaban J connectivity index is 2.05. The normalized spacial score (nSPS) is 11.0. The molecule has 124 valence electrons. The number of thiazole rings is 1. The molecule has 1 amide bonds. The van der Waals surface area contributed by atoms with Crippen molar-refractivity contribution in [1.29, 1.82) is 0 Å². The van der Waals surface area contributed by atoms with E-state index in [9.17, 15) is 9.18 Å². The molecule has 0 aliphatic heterocycles. The predicted octanol–water partition coefficient (Wildman–Crippen LogP) is 3.31. The Morgan fingerprint density at radius 3 is 2.62 bits per heavy atom. The number of nitrogens with zero attached hydrogens (tertiary/aromatic N) is 3. The van der Waals surface area contributed by atoms with Gasteiger partial charge in [0.2, 0.25) is 0 Å². The number of anilines is 2. The molecule has 0 atom stereocenters. The van der Waals surface area contributed by atoms with Crippen LogP contribution in [-0.4, -0.2) is 26.9 Å². The lowest BCUT2D eigenvalue weighted by molar-refractivity contribution is 0.0976. The molecule has 0 saturated carbocycles. The number of nitrogens with two attached hydrogens (primary N) is 1. The molecular weight excluding hydrogens is 329 g/mol. The minimum Gasteiger partial charge on any atom is -0.375 e. The van der Waals surface area contributed by atoms with Crippen molar-refractivity contribution in [2.45, 2.75) is 19.9 Å². The van der Waals surface area contributed by atoms with Crippen molar-refractivity contribution in [1.82, 2.24) is 15.0 Å². The van der Waals surface area contributed by atoms with Gasteiger partial charge in [-0.3, -0.25) is 9.69 Å². The number of aromatic nitrogens is 3. The van der Waals surface area contributed by atoms with Gasteiger partial charge in [0.15, 0.2) is 5.13 Å². The highest BCUT2D eigenvalue weighted by atomic mass is 32.1. The second kappa shape index (κ2) is 6.40. The summed E-state index contributed by atoms with van der Waals surface area (Å²) in [7, 11) is 0. The number of carbonyl (C=O) groups is 1. The second-order valence-electron chi connectivity index (χ2n) is 5.44. The van der Waals surface area contributed by atoms with Gasteiger partial charge in [-0.25, -0.2) is 14.4 Å². The van der Waals surface area contributed by atoms with E-state index in [1.54, 1.807) is 23.2 Å². The summed E-state index contributed by atoms with van der Waals surface area (Å²) in [5.41, 5.74) is 6.76. The quantitative estimate of drug-likeness (QED) is 0.759. The highest BCUT2D eigenvalue weighted by Gasteiger charge is 2.27. The fraction of sp³-hybridized carbons (Fsp3) is 0.188. The molecule has 0 unspecified atom stereocenters. The van der Waals surface area contributed by atoms with Crippen LogP contribution in [-0.2, 0) is 0 Å². The van der Waals surface area contributed by atoms with Crippen LogP contribution in [0.5, 0.6) is 0 Å². The third kappa shape index (κ3) is 3.00. The summed E-state index contributed by atoms with van der Waals surface area (Å²) in [5.74, 6) is -0.0569. The third-order valence-corrected chi connectivity index (χ3v) is 4.36. The summed E-state index contributed by atoms with van der Waals surface area (Å²) >= 11 is 1.20. The van der Waals surface area contributed by atoms with E-state index in [4.69, 9.17) is 5.73 Å². The highest BCUT2D eigenvalue weighted by Crippen LogP contribution is 2.33. The van der Waals surface area contributed by atoms with Crippen LogP contribution in [0.25, 0.3) is 10.4 Å². The molecule has 2 heterocycles. The molecule has 1 aromatic carbocycles. The van der Waals surface area contributed by atoms with E-state index >= 15 is 0 Å². The lowest BCUT2D eigenvalue weighted by Gasteiger charge is -2.24. The maximum atomic E-state index is 13.2. The number of nitrogens with one attached hydrogen (secondary N) is 1. The Hall–Kier alpha value is -2.74. The molecule has 24 heavy (non-hydrogen) atoms. The van der Waals surface area contributed by atoms with E-state index in [-0.39, 0.29) is 28.6 Å². The van der Waals surface area contributed by atoms with Crippen molar-refractivity contribution in [2.24, 2.45) is 0 Å². The van der Waals surface area contributed by atoms with E-state index < -0.39 is 0 Å². The summed E-state index contributed by atoms with van der Waals surface area (Å²) in [5, 5.41) is 0.283. The zero-order valence-electron chi connectivity index (χ0n) is 13.2. The highest BCUT2D eigenvalue weighted by molar-refractivity contribution is 7.19. The first-order valence-electron chi connectivity index (χ1n) is 7.31. The lowest BCUT2D eigenvalue weighted by Crippen LogP contribution is -2.37. The van der Waals surface area contributed by atoms with Crippen LogP contribution in [0.2, 0.25) is 0 Å². The molecule has 2 aromatic heterocycles. The fourth-order valence-electron chi connectivity index (χ4n) is 2.40. The monoisotopic (exact) mass is 345 g/mol. The van der Waals surface area contributed by atoms with E-state index in [0.29, 0.717) is 16.3 Å². The van der Waals surface area contributed by atoms with Crippen LogP contribution < -0.4 is 10.6 Å². The van der Waals surface area contributed by atoms with Crippen LogP contribution in [0.3, 0.4) is 0 Å². The van der Waals surface area contributed by atoms with E-state index in [1.165, 1.54) is 29.8 Å². The van der Waals surface area contributed by atoms with Crippen molar-refractivity contribution in [3.8, 4) is 10.4 Å². The van der Waals surface area contributed by atoms with Crippen molar-refractivity contribution < 1.29 is 9.18 Å². The van der Waals surface area contributed by atoms with Crippen molar-refractivity contribution in [3.05, 3.63) is 48.3 Å². The van der Waals surface area contributed by atoms with Gasteiger partial charge in [0, 0.05) is 6.04 Å². The molecule has 0 aliphatic rings. The minimum atomic E-state index is -0.342. The summed E-state index contributed by atoms with van der Waals surface area (Å²) in [4.78, 5) is 26.3. The molecule has 0 saturated heterocycles. The molecule has 0 aliphatic carbocycles. The van der Waals surface area contributed by atoms with Gasteiger partial charge in [0.25, 0.3) is 5.91 Å². The summed E-state index contributed by atoms with van der Waals surface area (Å²) in [6, 6.07) is 5.79. The van der Waals surface area contributed by atoms with Gasteiger partial charge in [0.05, 0.1) is 17.4 Å².